The molecular weight excluding hydrogens is 352 g/mol. The molecule has 1 N–H and O–H groups in total. The van der Waals surface area contributed by atoms with Crippen LogP contribution in [-0.4, -0.2) is 44.3 Å². The molecule has 3 rings (SSSR count). The largest absolute Gasteiger partial charge is 0.448 e. The van der Waals surface area contributed by atoms with Gasteiger partial charge in [-0.05, 0) is 50.2 Å². The third kappa shape index (κ3) is 4.62. The molecule has 1 aromatic carbocycles. The Labute approximate surface area is 156 Å². The minimum atomic E-state index is -0.871. The second-order valence-electron chi connectivity index (χ2n) is 6.09. The van der Waals surface area contributed by atoms with Crippen LogP contribution in [0.1, 0.15) is 21.5 Å². The van der Waals surface area contributed by atoms with Crippen LogP contribution in [0.5, 0.6) is 0 Å². The Kier molecular flexibility index (Phi) is 5.90. The van der Waals surface area contributed by atoms with E-state index < -0.39 is 12.1 Å². The number of carbonyl (C=O) groups is 2. The molecule has 0 radical (unpaired) electrons. The topological polar surface area (TPSA) is 67.9 Å². The van der Waals surface area contributed by atoms with Crippen LogP contribution < -0.4 is 10.2 Å². The van der Waals surface area contributed by atoms with Crippen LogP contribution in [0.3, 0.4) is 0 Å². The second kappa shape index (κ2) is 8.33. The molecule has 1 atom stereocenters. The number of morpholine rings is 1. The zero-order valence-corrected chi connectivity index (χ0v) is 15.7. The van der Waals surface area contributed by atoms with Gasteiger partial charge >= 0.3 is 5.97 Å². The van der Waals surface area contributed by atoms with E-state index in [0.717, 1.165) is 36.9 Å². The number of benzene rings is 1. The normalized spacial score (nSPS) is 15.4. The molecule has 1 amide bonds. The molecular formula is C19H22N2O4S. The first-order chi connectivity index (χ1) is 12.5. The maximum absolute atomic E-state index is 12.3. The van der Waals surface area contributed by atoms with E-state index in [0.29, 0.717) is 10.6 Å². The molecule has 1 saturated heterocycles. The fourth-order valence-electron chi connectivity index (χ4n) is 2.64. The fourth-order valence-corrected chi connectivity index (χ4v) is 3.39. The predicted molar refractivity (Wildman–Crippen MR) is 102 cm³/mol. The quantitative estimate of drug-likeness (QED) is 0.815. The number of carbonyl (C=O) groups excluding carboxylic acids is 2. The van der Waals surface area contributed by atoms with Crippen LogP contribution in [0.25, 0.3) is 0 Å². The van der Waals surface area contributed by atoms with Crippen LogP contribution in [0.15, 0.2) is 36.4 Å². The van der Waals surface area contributed by atoms with Crippen molar-refractivity contribution in [1.29, 1.82) is 0 Å². The molecule has 0 aliphatic carbocycles. The van der Waals surface area contributed by atoms with E-state index in [-0.39, 0.29) is 5.91 Å². The molecule has 1 aliphatic rings. The lowest BCUT2D eigenvalue weighted by Gasteiger charge is -2.28. The van der Waals surface area contributed by atoms with E-state index in [1.807, 2.05) is 37.3 Å². The zero-order valence-electron chi connectivity index (χ0n) is 14.9. The Morgan fingerprint density at radius 1 is 1.15 bits per heavy atom. The highest BCUT2D eigenvalue weighted by Gasteiger charge is 2.20. The third-order valence-electron chi connectivity index (χ3n) is 4.11. The average molecular weight is 374 g/mol. The molecule has 138 valence electrons. The molecule has 26 heavy (non-hydrogen) atoms. The number of rotatable bonds is 5. The fraction of sp³-hybridized carbons (Fsp3) is 0.368. The van der Waals surface area contributed by atoms with Crippen molar-refractivity contribution in [3.05, 3.63) is 46.2 Å². The van der Waals surface area contributed by atoms with Gasteiger partial charge in [0.15, 0.2) is 6.10 Å². The van der Waals surface area contributed by atoms with Gasteiger partial charge in [0.1, 0.15) is 4.88 Å². The van der Waals surface area contributed by atoms with E-state index in [2.05, 4.69) is 10.2 Å². The number of thiophene rings is 1. The minimum Gasteiger partial charge on any atom is -0.448 e. The number of nitrogens with zero attached hydrogens (tertiary/aromatic N) is 1. The van der Waals surface area contributed by atoms with E-state index in [1.165, 1.54) is 11.3 Å². The lowest BCUT2D eigenvalue weighted by Crippen LogP contribution is -2.36. The summed E-state index contributed by atoms with van der Waals surface area (Å²) in [5.41, 5.74) is 1.76. The summed E-state index contributed by atoms with van der Waals surface area (Å²) in [6.07, 6.45) is -0.871. The molecule has 2 heterocycles. The Hall–Kier alpha value is -2.38. The van der Waals surface area contributed by atoms with Crippen molar-refractivity contribution in [2.24, 2.45) is 0 Å². The second-order valence-corrected chi connectivity index (χ2v) is 7.38. The van der Waals surface area contributed by atoms with Crippen molar-refractivity contribution in [3.63, 3.8) is 0 Å². The molecule has 0 bridgehead atoms. The highest BCUT2D eigenvalue weighted by atomic mass is 32.1. The van der Waals surface area contributed by atoms with Gasteiger partial charge in [-0.3, -0.25) is 4.79 Å². The molecule has 0 saturated carbocycles. The van der Waals surface area contributed by atoms with Crippen molar-refractivity contribution in [1.82, 2.24) is 0 Å². The maximum atomic E-state index is 12.3. The Bertz CT molecular complexity index is 766. The van der Waals surface area contributed by atoms with Gasteiger partial charge in [0.2, 0.25) is 0 Å². The number of amides is 1. The summed E-state index contributed by atoms with van der Waals surface area (Å²) >= 11 is 1.35. The summed E-state index contributed by atoms with van der Waals surface area (Å²) in [5, 5.41) is 2.78. The highest BCUT2D eigenvalue weighted by molar-refractivity contribution is 7.13. The molecule has 2 aromatic rings. The van der Waals surface area contributed by atoms with Gasteiger partial charge in [0.05, 0.1) is 13.2 Å². The van der Waals surface area contributed by atoms with Crippen LogP contribution in [-0.2, 0) is 14.3 Å². The number of esters is 1. The van der Waals surface area contributed by atoms with Crippen molar-refractivity contribution in [2.45, 2.75) is 20.0 Å². The van der Waals surface area contributed by atoms with Crippen molar-refractivity contribution >= 4 is 34.6 Å². The summed E-state index contributed by atoms with van der Waals surface area (Å²) in [6, 6.07) is 11.2. The van der Waals surface area contributed by atoms with Gasteiger partial charge in [-0.25, -0.2) is 4.79 Å². The van der Waals surface area contributed by atoms with Gasteiger partial charge in [-0.2, -0.15) is 0 Å². The first-order valence-corrected chi connectivity index (χ1v) is 9.35. The van der Waals surface area contributed by atoms with Crippen LogP contribution in [0.4, 0.5) is 11.4 Å². The number of aryl methyl sites for hydroxylation is 1. The van der Waals surface area contributed by atoms with Gasteiger partial charge in [-0.15, -0.1) is 11.3 Å². The molecule has 1 aromatic heterocycles. The molecule has 1 fully saturated rings. The van der Waals surface area contributed by atoms with E-state index in [1.54, 1.807) is 13.0 Å². The lowest BCUT2D eigenvalue weighted by molar-refractivity contribution is -0.123. The van der Waals surface area contributed by atoms with Crippen LogP contribution in [0.2, 0.25) is 0 Å². The molecule has 0 unspecified atom stereocenters. The lowest BCUT2D eigenvalue weighted by atomic mass is 10.2. The SMILES string of the molecule is Cc1ccc(C(=O)O[C@@H](C)C(=O)Nc2ccc(N3CCOCC3)cc2)s1. The number of anilines is 2. The van der Waals surface area contributed by atoms with Gasteiger partial charge in [0, 0.05) is 29.3 Å². The van der Waals surface area contributed by atoms with Gasteiger partial charge in [-0.1, -0.05) is 0 Å². The van der Waals surface area contributed by atoms with E-state index in [9.17, 15) is 9.59 Å². The third-order valence-corrected chi connectivity index (χ3v) is 5.09. The number of nitrogens with one attached hydrogen (secondary N) is 1. The first kappa shape index (κ1) is 18.4. The van der Waals surface area contributed by atoms with Crippen molar-refractivity contribution < 1.29 is 19.1 Å². The smallest absolute Gasteiger partial charge is 0.349 e. The monoisotopic (exact) mass is 374 g/mol. The summed E-state index contributed by atoms with van der Waals surface area (Å²) in [4.78, 5) is 28.1. The summed E-state index contributed by atoms with van der Waals surface area (Å²) in [7, 11) is 0. The zero-order chi connectivity index (χ0) is 18.5. The number of hydrogen-bond acceptors (Lipinski definition) is 6. The molecule has 6 nitrogen and oxygen atoms in total. The summed E-state index contributed by atoms with van der Waals surface area (Å²) in [6.45, 7) is 6.66. The number of ether oxygens (including phenoxy) is 2. The molecule has 1 aliphatic heterocycles. The highest BCUT2D eigenvalue weighted by Crippen LogP contribution is 2.20. The first-order valence-electron chi connectivity index (χ1n) is 8.54. The van der Waals surface area contributed by atoms with Crippen molar-refractivity contribution in [3.8, 4) is 0 Å². The Morgan fingerprint density at radius 2 is 1.85 bits per heavy atom. The Balaban J connectivity index is 1.54. The molecule has 7 heteroatoms. The molecule has 0 spiro atoms. The van der Waals surface area contributed by atoms with Gasteiger partial charge < -0.3 is 19.7 Å². The summed E-state index contributed by atoms with van der Waals surface area (Å²) < 4.78 is 10.6. The van der Waals surface area contributed by atoms with Crippen LogP contribution >= 0.6 is 11.3 Å². The van der Waals surface area contributed by atoms with Crippen molar-refractivity contribution in [2.75, 3.05) is 36.5 Å². The standard InChI is InChI=1S/C19H22N2O4S/c1-13-3-8-17(26-13)19(23)25-14(2)18(22)20-15-4-6-16(7-5-15)21-9-11-24-12-10-21/h3-8,14H,9-12H2,1-2H3,(H,20,22)/t14-/m0/s1. The maximum Gasteiger partial charge on any atom is 0.349 e. The van der Waals surface area contributed by atoms with E-state index in [4.69, 9.17) is 9.47 Å². The predicted octanol–water partition coefficient (Wildman–Crippen LogP) is 3.08. The van der Waals surface area contributed by atoms with E-state index >= 15 is 0 Å². The minimum absolute atomic E-state index is 0.356. The van der Waals surface area contributed by atoms with Crippen LogP contribution in [0, 0.1) is 6.92 Å². The van der Waals surface area contributed by atoms with Gasteiger partial charge in [0.25, 0.3) is 5.91 Å². The number of hydrogen-bond donors (Lipinski definition) is 1. The summed E-state index contributed by atoms with van der Waals surface area (Å²) in [5.74, 6) is -0.834. The Morgan fingerprint density at radius 3 is 2.46 bits per heavy atom. The average Bonchev–Trinajstić information content (AvgIpc) is 3.09.